The van der Waals surface area contributed by atoms with Gasteiger partial charge >= 0.3 is 0 Å². The lowest BCUT2D eigenvalue weighted by Crippen LogP contribution is -2.13. The minimum absolute atomic E-state index is 0.253. The average molecular weight is 619 g/mol. The van der Waals surface area contributed by atoms with Crippen LogP contribution in [-0.4, -0.2) is 39.3 Å². The fraction of sp³-hybridized carbons (Fsp3) is 0.417. The molecule has 0 saturated carbocycles. The van der Waals surface area contributed by atoms with E-state index in [2.05, 4.69) is 53.9 Å². The lowest BCUT2D eigenvalue weighted by molar-refractivity contribution is -0.119. The van der Waals surface area contributed by atoms with Crippen molar-refractivity contribution in [1.29, 1.82) is 0 Å². The molecule has 0 saturated heterocycles. The molecule has 7 heteroatoms. The Balaban J connectivity index is 0.000000192. The van der Waals surface area contributed by atoms with Gasteiger partial charge in [0, 0.05) is 41.7 Å². The van der Waals surface area contributed by atoms with Crippen molar-refractivity contribution in [3.63, 3.8) is 0 Å². The van der Waals surface area contributed by atoms with Gasteiger partial charge in [-0.05, 0) is 59.4 Å². The zero-order chi connectivity index (χ0) is 22.6. The van der Waals surface area contributed by atoms with Crippen LogP contribution in [0, 0.1) is 0 Å². The smallest absolute Gasteiger partial charge is 0.137 e. The quantitative estimate of drug-likeness (QED) is 0.444. The number of carbonyl (C=O) groups excluding carboxylic acids is 2. The molecule has 2 aromatic rings. The molecular weight excluding hydrogens is 592 g/mol. The number of hydrogen-bond acceptors (Lipinski definition) is 4. The van der Waals surface area contributed by atoms with Crippen LogP contribution in [0.15, 0.2) is 36.4 Å². The molecule has 1 N–H and O–H groups in total. The van der Waals surface area contributed by atoms with E-state index < -0.39 is 0 Å². The maximum Gasteiger partial charge on any atom is 0.137 e. The highest BCUT2D eigenvalue weighted by molar-refractivity contribution is 9.12. The van der Waals surface area contributed by atoms with Crippen LogP contribution in [0.2, 0.25) is 0 Å². The summed E-state index contributed by atoms with van der Waals surface area (Å²) in [4.78, 5) is 22.4. The molecule has 2 aromatic carbocycles. The molecule has 0 atom stereocenters. The number of ether oxygens (including phenoxy) is 1. The molecule has 0 heterocycles. The molecule has 0 bridgehead atoms. The second-order valence-electron chi connectivity index (χ2n) is 7.23. The third-order valence-electron chi connectivity index (χ3n) is 4.91. The van der Waals surface area contributed by atoms with Gasteiger partial charge in [-0.2, -0.15) is 0 Å². The number of aryl methyl sites for hydroxylation is 2. The summed E-state index contributed by atoms with van der Waals surface area (Å²) in [5, 5.41) is 12.1. The van der Waals surface area contributed by atoms with Gasteiger partial charge in [0.2, 0.25) is 0 Å². The van der Waals surface area contributed by atoms with E-state index in [1.54, 1.807) is 12.1 Å². The van der Waals surface area contributed by atoms with E-state index in [4.69, 9.17) is 9.84 Å². The monoisotopic (exact) mass is 616 g/mol. The number of rotatable bonds is 4. The Morgan fingerprint density at radius 3 is 1.81 bits per heavy atom. The van der Waals surface area contributed by atoms with Crippen molar-refractivity contribution >= 4 is 59.4 Å². The zero-order valence-electron chi connectivity index (χ0n) is 17.3. The van der Waals surface area contributed by atoms with Crippen LogP contribution in [0.4, 0.5) is 0 Å². The van der Waals surface area contributed by atoms with E-state index in [1.165, 1.54) is 11.1 Å². The molecule has 168 valence electrons. The van der Waals surface area contributed by atoms with Gasteiger partial charge in [0.25, 0.3) is 0 Å². The van der Waals surface area contributed by atoms with Crippen LogP contribution in [0.3, 0.4) is 0 Å². The highest BCUT2D eigenvalue weighted by Gasteiger charge is 2.16. The van der Waals surface area contributed by atoms with E-state index in [0.29, 0.717) is 38.1 Å². The second kappa shape index (κ2) is 14.1. The van der Waals surface area contributed by atoms with Crippen molar-refractivity contribution in [3.8, 4) is 11.5 Å². The summed E-state index contributed by atoms with van der Waals surface area (Å²) in [5.41, 5.74) is 4.62. The molecule has 2 aliphatic carbocycles. The van der Waals surface area contributed by atoms with Gasteiger partial charge in [0.1, 0.15) is 23.1 Å². The maximum atomic E-state index is 11.3. The predicted octanol–water partition coefficient (Wildman–Crippen LogP) is 5.74. The van der Waals surface area contributed by atoms with Gasteiger partial charge < -0.3 is 9.84 Å². The summed E-state index contributed by atoms with van der Waals surface area (Å²) in [7, 11) is 0. The third kappa shape index (κ3) is 9.07. The topological polar surface area (TPSA) is 63.6 Å². The fourth-order valence-corrected chi connectivity index (χ4v) is 3.59. The lowest BCUT2D eigenvalue weighted by Gasteiger charge is -2.15. The molecule has 0 unspecified atom stereocenters. The number of aromatic hydroxyl groups is 1. The summed E-state index contributed by atoms with van der Waals surface area (Å²) in [5.74, 6) is 1.72. The molecule has 4 rings (SSSR count). The molecule has 4 nitrogen and oxygen atoms in total. The average Bonchev–Trinajstić information content (AvgIpc) is 2.77. The number of alkyl halides is 3. The SMILES string of the molecule is BrCCBr.O=C1CCc2ccc(O)cc2C1.O=C1CCc2ccc(OCCBr)cc2C1. The number of Topliss-reactive ketones (excluding diaryl/α,β-unsaturated/α-hetero) is 2. The van der Waals surface area contributed by atoms with E-state index in [0.717, 1.165) is 45.7 Å². The first kappa shape index (κ1) is 26.1. The van der Waals surface area contributed by atoms with Crippen LogP contribution < -0.4 is 4.74 Å². The normalized spacial score (nSPS) is 14.3. The Labute approximate surface area is 209 Å². The Hall–Kier alpha value is -1.18. The van der Waals surface area contributed by atoms with Crippen molar-refractivity contribution in [1.82, 2.24) is 0 Å². The summed E-state index contributed by atoms with van der Waals surface area (Å²) in [6, 6.07) is 11.3. The van der Waals surface area contributed by atoms with Crippen molar-refractivity contribution in [3.05, 3.63) is 58.7 Å². The molecular formula is C24H27Br3O4. The molecule has 0 radical (unpaired) electrons. The number of fused-ring (bicyclic) bond motifs is 2. The van der Waals surface area contributed by atoms with Crippen LogP contribution >= 0.6 is 47.8 Å². The lowest BCUT2D eigenvalue weighted by atomic mass is 9.91. The van der Waals surface area contributed by atoms with Crippen molar-refractivity contribution in [2.24, 2.45) is 0 Å². The number of ketones is 2. The number of benzene rings is 2. The largest absolute Gasteiger partial charge is 0.508 e. The minimum atomic E-state index is 0.253. The van der Waals surface area contributed by atoms with Gasteiger partial charge in [-0.25, -0.2) is 0 Å². The van der Waals surface area contributed by atoms with Gasteiger partial charge in [-0.15, -0.1) is 0 Å². The number of halogens is 3. The molecule has 31 heavy (non-hydrogen) atoms. The van der Waals surface area contributed by atoms with Gasteiger partial charge in [-0.3, -0.25) is 9.59 Å². The van der Waals surface area contributed by atoms with Crippen molar-refractivity contribution < 1.29 is 19.4 Å². The second-order valence-corrected chi connectivity index (χ2v) is 9.61. The van der Waals surface area contributed by atoms with E-state index in [-0.39, 0.29) is 11.5 Å². The zero-order valence-corrected chi connectivity index (χ0v) is 22.1. The highest BCUT2D eigenvalue weighted by Crippen LogP contribution is 2.24. The van der Waals surface area contributed by atoms with E-state index >= 15 is 0 Å². The van der Waals surface area contributed by atoms with Crippen LogP contribution in [-0.2, 0) is 35.3 Å². The summed E-state index contributed by atoms with van der Waals surface area (Å²) >= 11 is 9.71. The summed E-state index contributed by atoms with van der Waals surface area (Å²) in [6.45, 7) is 0.659. The fourth-order valence-electron chi connectivity index (χ4n) is 3.43. The van der Waals surface area contributed by atoms with Crippen molar-refractivity contribution in [2.75, 3.05) is 22.6 Å². The van der Waals surface area contributed by atoms with Gasteiger partial charge in [0.05, 0.1) is 6.61 Å². The van der Waals surface area contributed by atoms with Gasteiger partial charge in [0.15, 0.2) is 0 Å². The molecule has 2 aliphatic rings. The Kier molecular flexibility index (Phi) is 11.8. The summed E-state index contributed by atoms with van der Waals surface area (Å²) in [6.07, 6.45) is 4.11. The van der Waals surface area contributed by atoms with E-state index in [1.807, 2.05) is 18.2 Å². The molecule has 0 aliphatic heterocycles. The Bertz CT molecular complexity index is 881. The number of phenols is 1. The number of phenolic OH excluding ortho intramolecular Hbond substituents is 1. The standard InChI is InChI=1S/C12H13BrO2.C10H10O2.C2H4Br2/c13-5-6-15-12-4-2-9-1-3-11(14)7-10(9)8-12;11-9-3-1-7-2-4-10(12)6-8(7)5-9;3-1-2-4/h2,4,8H,1,3,5-7H2;1,3,5,11H,2,4,6H2;1-2H2. The molecule has 0 amide bonds. The Morgan fingerprint density at radius 1 is 0.710 bits per heavy atom. The van der Waals surface area contributed by atoms with Crippen molar-refractivity contribution in [2.45, 2.75) is 38.5 Å². The molecule has 0 fully saturated rings. The first-order valence-corrected chi connectivity index (χ1v) is 13.6. The minimum Gasteiger partial charge on any atom is -0.508 e. The molecule has 0 spiro atoms. The van der Waals surface area contributed by atoms with Crippen LogP contribution in [0.5, 0.6) is 11.5 Å². The number of hydrogen-bond donors (Lipinski definition) is 1. The Morgan fingerprint density at radius 2 is 1.26 bits per heavy atom. The summed E-state index contributed by atoms with van der Waals surface area (Å²) < 4.78 is 5.50. The predicted molar refractivity (Wildman–Crippen MR) is 135 cm³/mol. The molecule has 0 aromatic heterocycles. The van der Waals surface area contributed by atoms with Gasteiger partial charge in [-0.1, -0.05) is 59.9 Å². The van der Waals surface area contributed by atoms with E-state index in [9.17, 15) is 9.59 Å². The first-order valence-electron chi connectivity index (χ1n) is 10.2. The van der Waals surface area contributed by atoms with Crippen LogP contribution in [0.1, 0.15) is 35.1 Å². The highest BCUT2D eigenvalue weighted by atomic mass is 79.9. The maximum absolute atomic E-state index is 11.3. The third-order valence-corrected chi connectivity index (χ3v) is 7.09. The number of carbonyl (C=O) groups is 2. The first-order chi connectivity index (χ1) is 15.0. The van der Waals surface area contributed by atoms with Crippen LogP contribution in [0.25, 0.3) is 0 Å².